The molecule has 24 heavy (non-hydrogen) atoms. The summed E-state index contributed by atoms with van der Waals surface area (Å²) in [7, 11) is 0. The van der Waals surface area contributed by atoms with Crippen LogP contribution in [-0.2, 0) is 6.54 Å². The van der Waals surface area contributed by atoms with E-state index in [9.17, 15) is 4.79 Å². The minimum absolute atomic E-state index is 0.0698. The topological polar surface area (TPSA) is 44.4 Å². The number of hydrogen-bond acceptors (Lipinski definition) is 2. The Bertz CT molecular complexity index is 514. The number of carbonyl (C=O) groups excluding carboxylic acids is 1. The highest BCUT2D eigenvalue weighted by atomic mass is 16.2. The van der Waals surface area contributed by atoms with Gasteiger partial charge in [-0.3, -0.25) is 4.90 Å². The smallest absolute Gasteiger partial charge is 0.319 e. The molecule has 1 saturated carbocycles. The molecule has 2 fully saturated rings. The Morgan fingerprint density at radius 1 is 1.04 bits per heavy atom. The van der Waals surface area contributed by atoms with Gasteiger partial charge >= 0.3 is 6.03 Å². The van der Waals surface area contributed by atoms with Gasteiger partial charge in [-0.2, -0.15) is 0 Å². The molecule has 4 nitrogen and oxygen atoms in total. The van der Waals surface area contributed by atoms with Crippen LogP contribution in [0.1, 0.15) is 57.4 Å². The Balaban J connectivity index is 1.44. The predicted molar refractivity (Wildman–Crippen MR) is 99.1 cm³/mol. The van der Waals surface area contributed by atoms with Crippen molar-refractivity contribution < 1.29 is 4.79 Å². The summed E-state index contributed by atoms with van der Waals surface area (Å²) in [5, 5.41) is 6.06. The first-order valence-corrected chi connectivity index (χ1v) is 9.58. The van der Waals surface area contributed by atoms with E-state index in [1.54, 1.807) is 0 Å². The van der Waals surface area contributed by atoms with E-state index in [1.807, 2.05) is 12.1 Å². The van der Waals surface area contributed by atoms with E-state index in [1.165, 1.54) is 50.8 Å². The van der Waals surface area contributed by atoms with Gasteiger partial charge in [0.1, 0.15) is 0 Å². The molecule has 0 bridgehead atoms. The number of piperidine rings is 1. The maximum atomic E-state index is 12.1. The molecule has 1 aromatic rings. The van der Waals surface area contributed by atoms with Crippen molar-refractivity contribution in [3.05, 3.63) is 29.8 Å². The van der Waals surface area contributed by atoms with Gasteiger partial charge in [0.05, 0.1) is 0 Å². The molecular formula is C20H31N3O. The quantitative estimate of drug-likeness (QED) is 0.861. The van der Waals surface area contributed by atoms with Crippen LogP contribution in [0.4, 0.5) is 10.5 Å². The molecular weight excluding hydrogens is 298 g/mol. The molecule has 1 aliphatic carbocycles. The largest absolute Gasteiger partial charge is 0.335 e. The van der Waals surface area contributed by atoms with E-state index >= 15 is 0 Å². The van der Waals surface area contributed by atoms with Crippen LogP contribution in [0.25, 0.3) is 0 Å². The fraction of sp³-hybridized carbons (Fsp3) is 0.650. The Morgan fingerprint density at radius 3 is 2.38 bits per heavy atom. The molecule has 1 heterocycles. The van der Waals surface area contributed by atoms with Crippen molar-refractivity contribution in [1.29, 1.82) is 0 Å². The number of urea groups is 1. The zero-order valence-corrected chi connectivity index (χ0v) is 14.9. The molecule has 0 radical (unpaired) electrons. The number of nitrogens with zero attached hydrogens (tertiary/aromatic N) is 1. The highest BCUT2D eigenvalue weighted by Gasteiger charge is 2.17. The molecule has 1 aromatic carbocycles. The minimum atomic E-state index is -0.0698. The van der Waals surface area contributed by atoms with Crippen molar-refractivity contribution in [2.45, 2.75) is 64.5 Å². The monoisotopic (exact) mass is 329 g/mol. The Kier molecular flexibility index (Phi) is 6.13. The standard InChI is InChI=1S/C20H31N3O/c1-16-11-13-23(14-12-16)15-17-7-9-19(10-8-17)22-20(24)21-18-5-3-2-4-6-18/h7-10,16,18H,2-6,11-15H2,1H3,(H2,21,22,24). The molecule has 4 heteroatoms. The highest BCUT2D eigenvalue weighted by molar-refractivity contribution is 5.89. The van der Waals surface area contributed by atoms with E-state index in [-0.39, 0.29) is 6.03 Å². The predicted octanol–water partition coefficient (Wildman–Crippen LogP) is 4.37. The average Bonchev–Trinajstić information content (AvgIpc) is 2.59. The normalized spacial score (nSPS) is 20.7. The van der Waals surface area contributed by atoms with Crippen molar-refractivity contribution >= 4 is 11.7 Å². The first-order chi connectivity index (χ1) is 11.7. The lowest BCUT2D eigenvalue weighted by atomic mass is 9.96. The lowest BCUT2D eigenvalue weighted by Crippen LogP contribution is -2.39. The second kappa shape index (κ2) is 8.52. The second-order valence-electron chi connectivity index (χ2n) is 7.59. The van der Waals surface area contributed by atoms with Crippen LogP contribution in [-0.4, -0.2) is 30.1 Å². The summed E-state index contributed by atoms with van der Waals surface area (Å²) in [5.74, 6) is 0.871. The van der Waals surface area contributed by atoms with Crippen molar-refractivity contribution in [2.24, 2.45) is 5.92 Å². The number of amides is 2. The van der Waals surface area contributed by atoms with E-state index in [0.717, 1.165) is 31.0 Å². The van der Waals surface area contributed by atoms with Crippen LogP contribution in [0.15, 0.2) is 24.3 Å². The lowest BCUT2D eigenvalue weighted by molar-refractivity contribution is 0.185. The summed E-state index contributed by atoms with van der Waals surface area (Å²) < 4.78 is 0. The summed E-state index contributed by atoms with van der Waals surface area (Å²) in [6.07, 6.45) is 8.60. The summed E-state index contributed by atoms with van der Waals surface area (Å²) in [6, 6.07) is 8.58. The maximum absolute atomic E-state index is 12.1. The zero-order chi connectivity index (χ0) is 16.8. The van der Waals surface area contributed by atoms with Crippen molar-refractivity contribution in [3.63, 3.8) is 0 Å². The fourth-order valence-electron chi connectivity index (χ4n) is 3.77. The molecule has 1 aliphatic heterocycles. The molecule has 3 rings (SSSR count). The van der Waals surface area contributed by atoms with Gasteiger partial charge in [-0.05, 0) is 62.4 Å². The molecule has 0 aromatic heterocycles. The summed E-state index contributed by atoms with van der Waals surface area (Å²) in [5.41, 5.74) is 2.20. The molecule has 1 saturated heterocycles. The van der Waals surface area contributed by atoms with Gasteiger partial charge in [-0.25, -0.2) is 4.79 Å². The molecule has 132 valence electrons. The van der Waals surface area contributed by atoms with Gasteiger partial charge in [-0.1, -0.05) is 38.3 Å². The third kappa shape index (κ3) is 5.23. The molecule has 0 atom stereocenters. The fourth-order valence-corrected chi connectivity index (χ4v) is 3.77. The van der Waals surface area contributed by atoms with Gasteiger partial charge in [-0.15, -0.1) is 0 Å². The first-order valence-electron chi connectivity index (χ1n) is 9.58. The van der Waals surface area contributed by atoms with E-state index in [4.69, 9.17) is 0 Å². The van der Waals surface area contributed by atoms with Gasteiger partial charge in [0.15, 0.2) is 0 Å². The minimum Gasteiger partial charge on any atom is -0.335 e. The van der Waals surface area contributed by atoms with Crippen LogP contribution in [0.5, 0.6) is 0 Å². The average molecular weight is 329 g/mol. The molecule has 2 aliphatic rings. The zero-order valence-electron chi connectivity index (χ0n) is 14.9. The van der Waals surface area contributed by atoms with Crippen molar-refractivity contribution in [1.82, 2.24) is 10.2 Å². The van der Waals surface area contributed by atoms with Crippen LogP contribution >= 0.6 is 0 Å². The molecule has 2 amide bonds. The SMILES string of the molecule is CC1CCN(Cc2ccc(NC(=O)NC3CCCCC3)cc2)CC1. The van der Waals surface area contributed by atoms with Crippen molar-refractivity contribution in [3.8, 4) is 0 Å². The van der Waals surface area contributed by atoms with Gasteiger partial charge in [0.2, 0.25) is 0 Å². The highest BCUT2D eigenvalue weighted by Crippen LogP contribution is 2.20. The molecule has 0 unspecified atom stereocenters. The van der Waals surface area contributed by atoms with E-state index in [0.29, 0.717) is 6.04 Å². The lowest BCUT2D eigenvalue weighted by Gasteiger charge is -2.30. The number of rotatable bonds is 4. The van der Waals surface area contributed by atoms with Gasteiger partial charge < -0.3 is 10.6 Å². The van der Waals surface area contributed by atoms with E-state index in [2.05, 4.69) is 34.6 Å². The maximum Gasteiger partial charge on any atom is 0.319 e. The van der Waals surface area contributed by atoms with Crippen LogP contribution < -0.4 is 10.6 Å². The molecule has 0 spiro atoms. The van der Waals surface area contributed by atoms with Crippen LogP contribution in [0, 0.1) is 5.92 Å². The second-order valence-corrected chi connectivity index (χ2v) is 7.59. The van der Waals surface area contributed by atoms with Crippen LogP contribution in [0.3, 0.4) is 0 Å². The number of anilines is 1. The van der Waals surface area contributed by atoms with Gasteiger partial charge in [0.25, 0.3) is 0 Å². The number of benzene rings is 1. The Morgan fingerprint density at radius 2 is 1.71 bits per heavy atom. The third-order valence-electron chi connectivity index (χ3n) is 5.43. The Labute approximate surface area is 146 Å². The van der Waals surface area contributed by atoms with Crippen LogP contribution in [0.2, 0.25) is 0 Å². The van der Waals surface area contributed by atoms with Crippen molar-refractivity contribution in [2.75, 3.05) is 18.4 Å². The van der Waals surface area contributed by atoms with E-state index < -0.39 is 0 Å². The molecule has 2 N–H and O–H groups in total. The summed E-state index contributed by atoms with van der Waals surface area (Å²) in [6.45, 7) is 5.76. The third-order valence-corrected chi connectivity index (χ3v) is 5.43. The summed E-state index contributed by atoms with van der Waals surface area (Å²) in [4.78, 5) is 14.6. The number of hydrogen-bond donors (Lipinski definition) is 2. The first kappa shape index (κ1) is 17.3. The number of carbonyl (C=O) groups is 1. The number of nitrogens with one attached hydrogen (secondary N) is 2. The summed E-state index contributed by atoms with van der Waals surface area (Å²) >= 11 is 0. The number of likely N-dealkylation sites (tertiary alicyclic amines) is 1. The van der Waals surface area contributed by atoms with Gasteiger partial charge in [0, 0.05) is 18.3 Å². The Hall–Kier alpha value is -1.55.